The normalized spacial score (nSPS) is 10.4. The quantitative estimate of drug-likeness (QED) is 0.739. The van der Waals surface area contributed by atoms with Gasteiger partial charge >= 0.3 is 0 Å². The Morgan fingerprint density at radius 1 is 1.09 bits per heavy atom. The van der Waals surface area contributed by atoms with E-state index in [1.165, 1.54) is 11.1 Å². The lowest BCUT2D eigenvalue weighted by Crippen LogP contribution is -2.13. The van der Waals surface area contributed by atoms with Crippen LogP contribution in [0.15, 0.2) is 54.6 Å². The molecule has 1 N–H and O–H groups in total. The first-order chi connectivity index (χ1) is 11.1. The molecule has 0 unspecified atom stereocenters. The topological polar surface area (TPSA) is 30.5 Å². The molecule has 3 heteroatoms. The molecule has 2 aromatic rings. The Labute approximate surface area is 138 Å². The first-order valence-electron chi connectivity index (χ1n) is 7.79. The van der Waals surface area contributed by atoms with E-state index in [0.29, 0.717) is 6.61 Å². The Bertz CT molecular complexity index is 664. The molecule has 0 aliphatic heterocycles. The van der Waals surface area contributed by atoms with Gasteiger partial charge in [0.2, 0.25) is 0 Å². The minimum absolute atomic E-state index is 0.496. The second-order valence-electron chi connectivity index (χ2n) is 5.76. The predicted molar refractivity (Wildman–Crippen MR) is 95.0 cm³/mol. The molecular formula is C20H25NO2. The van der Waals surface area contributed by atoms with E-state index in [2.05, 4.69) is 49.2 Å². The molecule has 0 aromatic heterocycles. The Balaban J connectivity index is 1.98. The van der Waals surface area contributed by atoms with Crippen LogP contribution in [0.3, 0.4) is 0 Å². The van der Waals surface area contributed by atoms with Crippen molar-refractivity contribution in [3.05, 3.63) is 71.3 Å². The average molecular weight is 311 g/mol. The molecule has 23 heavy (non-hydrogen) atoms. The monoisotopic (exact) mass is 311 g/mol. The summed E-state index contributed by atoms with van der Waals surface area (Å²) >= 11 is 0. The molecule has 0 bridgehead atoms. The highest BCUT2D eigenvalue weighted by Crippen LogP contribution is 2.28. The maximum Gasteiger partial charge on any atom is 0.161 e. The summed E-state index contributed by atoms with van der Waals surface area (Å²) in [5.74, 6) is 1.50. The van der Waals surface area contributed by atoms with Crippen LogP contribution in [-0.2, 0) is 13.1 Å². The first kappa shape index (κ1) is 17.1. The molecule has 0 aliphatic carbocycles. The van der Waals surface area contributed by atoms with Gasteiger partial charge in [0.15, 0.2) is 11.5 Å². The summed E-state index contributed by atoms with van der Waals surface area (Å²) in [5, 5.41) is 3.47. The van der Waals surface area contributed by atoms with Gasteiger partial charge in [-0.25, -0.2) is 0 Å². The van der Waals surface area contributed by atoms with Crippen molar-refractivity contribution in [3.8, 4) is 11.5 Å². The van der Waals surface area contributed by atoms with Crippen LogP contribution in [0.4, 0.5) is 0 Å². The summed E-state index contributed by atoms with van der Waals surface area (Å²) < 4.78 is 11.1. The number of methoxy groups -OCH3 is 1. The van der Waals surface area contributed by atoms with Gasteiger partial charge in [-0.05, 0) is 48.2 Å². The van der Waals surface area contributed by atoms with Crippen molar-refractivity contribution in [3.63, 3.8) is 0 Å². The largest absolute Gasteiger partial charge is 0.493 e. The van der Waals surface area contributed by atoms with Crippen LogP contribution in [0.5, 0.6) is 11.5 Å². The SMILES string of the molecule is C=C(C)COc1cc(CNCc2ccccc2C)ccc1OC. The molecule has 122 valence electrons. The van der Waals surface area contributed by atoms with Crippen LogP contribution in [-0.4, -0.2) is 13.7 Å². The molecule has 3 nitrogen and oxygen atoms in total. The van der Waals surface area contributed by atoms with Gasteiger partial charge in [0.05, 0.1) is 7.11 Å². The molecular weight excluding hydrogens is 286 g/mol. The zero-order valence-electron chi connectivity index (χ0n) is 14.2. The van der Waals surface area contributed by atoms with Gasteiger partial charge in [-0.3, -0.25) is 0 Å². The van der Waals surface area contributed by atoms with Gasteiger partial charge in [-0.15, -0.1) is 0 Å². The number of aryl methyl sites for hydroxylation is 1. The molecule has 0 amide bonds. The molecule has 0 saturated carbocycles. The Morgan fingerprint density at radius 2 is 1.87 bits per heavy atom. The van der Waals surface area contributed by atoms with E-state index in [0.717, 1.165) is 35.7 Å². The maximum absolute atomic E-state index is 5.76. The molecule has 0 saturated heterocycles. The summed E-state index contributed by atoms with van der Waals surface area (Å²) in [6, 6.07) is 14.4. The summed E-state index contributed by atoms with van der Waals surface area (Å²) in [5.41, 5.74) is 4.77. The predicted octanol–water partition coefficient (Wildman–Crippen LogP) is 4.25. The van der Waals surface area contributed by atoms with Gasteiger partial charge in [-0.1, -0.05) is 36.9 Å². The minimum Gasteiger partial charge on any atom is -0.493 e. The Hall–Kier alpha value is -2.26. The second kappa shape index (κ2) is 8.39. The van der Waals surface area contributed by atoms with Crippen LogP contribution < -0.4 is 14.8 Å². The molecule has 0 spiro atoms. The second-order valence-corrected chi connectivity index (χ2v) is 5.76. The zero-order valence-corrected chi connectivity index (χ0v) is 14.2. The van der Waals surface area contributed by atoms with Crippen LogP contribution in [0, 0.1) is 6.92 Å². The molecule has 0 aliphatic rings. The van der Waals surface area contributed by atoms with Crippen LogP contribution in [0.1, 0.15) is 23.6 Å². The van der Waals surface area contributed by atoms with Gasteiger partial charge < -0.3 is 14.8 Å². The van der Waals surface area contributed by atoms with Crippen molar-refractivity contribution < 1.29 is 9.47 Å². The molecule has 0 atom stereocenters. The minimum atomic E-state index is 0.496. The number of hydrogen-bond donors (Lipinski definition) is 1. The molecule has 0 heterocycles. The lowest BCUT2D eigenvalue weighted by Gasteiger charge is -2.13. The van der Waals surface area contributed by atoms with Gasteiger partial charge in [-0.2, -0.15) is 0 Å². The van der Waals surface area contributed by atoms with Crippen molar-refractivity contribution in [2.75, 3.05) is 13.7 Å². The average Bonchev–Trinajstić information content (AvgIpc) is 2.55. The van der Waals surface area contributed by atoms with Gasteiger partial charge in [0, 0.05) is 13.1 Å². The Kier molecular flexibility index (Phi) is 6.24. The highest BCUT2D eigenvalue weighted by atomic mass is 16.5. The van der Waals surface area contributed by atoms with Gasteiger partial charge in [0.1, 0.15) is 6.61 Å². The number of benzene rings is 2. The van der Waals surface area contributed by atoms with E-state index in [1.807, 2.05) is 19.1 Å². The fourth-order valence-electron chi connectivity index (χ4n) is 2.29. The number of ether oxygens (including phenoxy) is 2. The summed E-state index contributed by atoms with van der Waals surface area (Å²) in [4.78, 5) is 0. The highest BCUT2D eigenvalue weighted by Gasteiger charge is 2.06. The van der Waals surface area contributed by atoms with E-state index in [-0.39, 0.29) is 0 Å². The maximum atomic E-state index is 5.76. The van der Waals surface area contributed by atoms with Gasteiger partial charge in [0.25, 0.3) is 0 Å². The van der Waals surface area contributed by atoms with E-state index in [4.69, 9.17) is 9.47 Å². The number of rotatable bonds is 8. The fourth-order valence-corrected chi connectivity index (χ4v) is 2.29. The molecule has 0 fully saturated rings. The highest BCUT2D eigenvalue weighted by molar-refractivity contribution is 5.43. The number of nitrogens with one attached hydrogen (secondary N) is 1. The lowest BCUT2D eigenvalue weighted by molar-refractivity contribution is 0.319. The van der Waals surface area contributed by atoms with Crippen molar-refractivity contribution in [1.82, 2.24) is 5.32 Å². The zero-order chi connectivity index (χ0) is 16.7. The van der Waals surface area contributed by atoms with E-state index >= 15 is 0 Å². The summed E-state index contributed by atoms with van der Waals surface area (Å²) in [6.07, 6.45) is 0. The first-order valence-corrected chi connectivity index (χ1v) is 7.79. The van der Waals surface area contributed by atoms with Crippen LogP contribution in [0.25, 0.3) is 0 Å². The number of hydrogen-bond acceptors (Lipinski definition) is 3. The van der Waals surface area contributed by atoms with Crippen molar-refractivity contribution in [2.24, 2.45) is 0 Å². The van der Waals surface area contributed by atoms with Crippen molar-refractivity contribution in [2.45, 2.75) is 26.9 Å². The third-order valence-corrected chi connectivity index (χ3v) is 3.61. The standard InChI is InChI=1S/C20H25NO2/c1-15(2)14-23-20-11-17(9-10-19(20)22-4)12-21-13-18-8-6-5-7-16(18)3/h5-11,21H,1,12-14H2,2-4H3. The molecule has 2 rings (SSSR count). The lowest BCUT2D eigenvalue weighted by atomic mass is 10.1. The fraction of sp³-hybridized carbons (Fsp3) is 0.300. The van der Waals surface area contributed by atoms with Crippen molar-refractivity contribution in [1.29, 1.82) is 0 Å². The van der Waals surface area contributed by atoms with E-state index < -0.39 is 0 Å². The molecule has 2 aromatic carbocycles. The smallest absolute Gasteiger partial charge is 0.161 e. The Morgan fingerprint density at radius 3 is 2.57 bits per heavy atom. The molecule has 0 radical (unpaired) electrons. The third kappa shape index (κ3) is 5.15. The van der Waals surface area contributed by atoms with Crippen LogP contribution in [0.2, 0.25) is 0 Å². The van der Waals surface area contributed by atoms with E-state index in [1.54, 1.807) is 7.11 Å². The summed E-state index contributed by atoms with van der Waals surface area (Å²) in [6.45, 7) is 10.1. The van der Waals surface area contributed by atoms with Crippen molar-refractivity contribution >= 4 is 0 Å². The third-order valence-electron chi connectivity index (χ3n) is 3.61. The van der Waals surface area contributed by atoms with E-state index in [9.17, 15) is 0 Å². The summed E-state index contributed by atoms with van der Waals surface area (Å²) in [7, 11) is 1.65. The van der Waals surface area contributed by atoms with Crippen LogP contribution >= 0.6 is 0 Å².